The van der Waals surface area contributed by atoms with Crippen molar-refractivity contribution >= 4 is 28.9 Å². The second-order valence-corrected chi connectivity index (χ2v) is 6.44. The van der Waals surface area contributed by atoms with E-state index in [4.69, 9.17) is 11.6 Å². The number of carboxylic acid groups (broad SMARTS) is 1. The molecule has 0 unspecified atom stereocenters. The predicted octanol–water partition coefficient (Wildman–Crippen LogP) is 3.83. The number of hydrogen-bond donors (Lipinski definition) is 1. The van der Waals surface area contributed by atoms with Crippen LogP contribution in [0, 0.1) is 17.2 Å². The third-order valence-corrected chi connectivity index (χ3v) is 5.19. The molecule has 5 heteroatoms. The Bertz CT molecular complexity index is 485. The molecule has 18 heavy (non-hydrogen) atoms. The Morgan fingerprint density at radius 1 is 1.44 bits per heavy atom. The molecule has 1 saturated carbocycles. The molecule has 3 nitrogen and oxygen atoms in total. The molecule has 0 spiro atoms. The molecule has 0 saturated heterocycles. The number of carbonyl (C=O) groups is 1. The van der Waals surface area contributed by atoms with E-state index in [0.717, 1.165) is 37.0 Å². The van der Waals surface area contributed by atoms with Gasteiger partial charge in [0.1, 0.15) is 0 Å². The van der Waals surface area contributed by atoms with Crippen LogP contribution in [0.1, 0.15) is 37.0 Å². The molecule has 0 radical (unpaired) electrons. The number of aliphatic carboxylic acids is 1. The molecular formula is C13H14ClNO2S. The fourth-order valence-corrected chi connectivity index (χ4v) is 4.18. The third kappa shape index (κ3) is 2.25. The smallest absolute Gasteiger partial charge is 0.321 e. The fourth-order valence-electron chi connectivity index (χ4n) is 2.86. The van der Waals surface area contributed by atoms with E-state index in [0.29, 0.717) is 4.34 Å². The molecule has 1 aliphatic carbocycles. The highest BCUT2D eigenvalue weighted by atomic mass is 35.5. The largest absolute Gasteiger partial charge is 0.480 e. The van der Waals surface area contributed by atoms with Crippen LogP contribution in [0.4, 0.5) is 0 Å². The SMILES string of the molecule is N#C[C@H](C(=O)O)C1(c2ccc(Cl)s2)CCCCC1. The standard InChI is InChI=1S/C13H14ClNO2S/c14-11-5-4-10(18-11)13(6-2-1-3-7-13)9(8-15)12(16)17/h4-5,9H,1-3,6-7H2,(H,16,17)/t9-/m1/s1. The number of hydrogen-bond acceptors (Lipinski definition) is 3. The number of nitrogens with zero attached hydrogens (tertiary/aromatic N) is 1. The monoisotopic (exact) mass is 283 g/mol. The van der Waals surface area contributed by atoms with Crippen molar-refractivity contribution in [2.24, 2.45) is 5.92 Å². The Balaban J connectivity index is 2.46. The normalized spacial score (nSPS) is 20.0. The quantitative estimate of drug-likeness (QED) is 0.917. The van der Waals surface area contributed by atoms with Crippen molar-refractivity contribution in [3.63, 3.8) is 0 Å². The summed E-state index contributed by atoms with van der Waals surface area (Å²) >= 11 is 7.36. The Hall–Kier alpha value is -1.05. The van der Waals surface area contributed by atoms with Crippen LogP contribution >= 0.6 is 22.9 Å². The molecule has 1 aromatic rings. The first-order valence-corrected chi connectivity index (χ1v) is 7.18. The van der Waals surface area contributed by atoms with Gasteiger partial charge in [0.05, 0.1) is 10.4 Å². The molecule has 1 fully saturated rings. The summed E-state index contributed by atoms with van der Waals surface area (Å²) in [6.45, 7) is 0. The summed E-state index contributed by atoms with van der Waals surface area (Å²) in [4.78, 5) is 12.3. The Morgan fingerprint density at radius 3 is 2.56 bits per heavy atom. The van der Waals surface area contributed by atoms with Crippen LogP contribution < -0.4 is 0 Å². The predicted molar refractivity (Wildman–Crippen MR) is 70.8 cm³/mol. The maximum absolute atomic E-state index is 11.4. The van der Waals surface area contributed by atoms with Gasteiger partial charge in [0, 0.05) is 10.3 Å². The minimum Gasteiger partial charge on any atom is -0.480 e. The first-order chi connectivity index (χ1) is 8.60. The van der Waals surface area contributed by atoms with Crippen LogP contribution in [-0.2, 0) is 10.2 Å². The average Bonchev–Trinajstić information content (AvgIpc) is 2.78. The van der Waals surface area contributed by atoms with Gasteiger partial charge < -0.3 is 5.11 Å². The highest BCUT2D eigenvalue weighted by Crippen LogP contribution is 2.48. The van der Waals surface area contributed by atoms with E-state index in [9.17, 15) is 15.2 Å². The zero-order valence-electron chi connectivity index (χ0n) is 9.86. The maximum atomic E-state index is 11.4. The highest BCUT2D eigenvalue weighted by Gasteiger charge is 2.46. The molecule has 0 aromatic carbocycles. The second kappa shape index (κ2) is 5.29. The van der Waals surface area contributed by atoms with Crippen LogP contribution in [0.2, 0.25) is 4.34 Å². The van der Waals surface area contributed by atoms with Crippen molar-refractivity contribution in [2.75, 3.05) is 0 Å². The zero-order chi connectivity index (χ0) is 13.2. The summed E-state index contributed by atoms with van der Waals surface area (Å²) in [6.07, 6.45) is 4.57. The molecule has 1 N–H and O–H groups in total. The summed E-state index contributed by atoms with van der Waals surface area (Å²) in [5.74, 6) is -2.00. The van der Waals surface area contributed by atoms with Crippen molar-refractivity contribution in [1.29, 1.82) is 5.26 Å². The maximum Gasteiger partial charge on any atom is 0.321 e. The van der Waals surface area contributed by atoms with E-state index < -0.39 is 17.3 Å². The van der Waals surface area contributed by atoms with Crippen LogP contribution in [-0.4, -0.2) is 11.1 Å². The first kappa shape index (κ1) is 13.4. The van der Waals surface area contributed by atoms with Gasteiger partial charge in [0.2, 0.25) is 0 Å². The summed E-state index contributed by atoms with van der Waals surface area (Å²) in [7, 11) is 0. The molecular weight excluding hydrogens is 270 g/mol. The highest BCUT2D eigenvalue weighted by molar-refractivity contribution is 7.16. The fraction of sp³-hybridized carbons (Fsp3) is 0.538. The minimum atomic E-state index is -1.02. The Morgan fingerprint density at radius 2 is 2.11 bits per heavy atom. The van der Waals surface area contributed by atoms with Gasteiger partial charge in [0.25, 0.3) is 0 Å². The number of thiophene rings is 1. The molecule has 1 atom stereocenters. The molecule has 1 aromatic heterocycles. The molecule has 1 aliphatic rings. The lowest BCUT2D eigenvalue weighted by molar-refractivity contribution is -0.142. The van der Waals surface area contributed by atoms with E-state index in [1.54, 1.807) is 6.07 Å². The number of rotatable bonds is 3. The van der Waals surface area contributed by atoms with Gasteiger partial charge >= 0.3 is 5.97 Å². The first-order valence-electron chi connectivity index (χ1n) is 5.98. The van der Waals surface area contributed by atoms with Crippen molar-refractivity contribution in [3.8, 4) is 6.07 Å². The molecule has 2 rings (SSSR count). The van der Waals surface area contributed by atoms with Crippen LogP contribution in [0.15, 0.2) is 12.1 Å². The molecule has 96 valence electrons. The van der Waals surface area contributed by atoms with Crippen LogP contribution in [0.5, 0.6) is 0 Å². The van der Waals surface area contributed by atoms with E-state index in [1.165, 1.54) is 11.3 Å². The molecule has 1 heterocycles. The van der Waals surface area contributed by atoms with Crippen LogP contribution in [0.3, 0.4) is 0 Å². The Labute approximate surface area is 115 Å². The van der Waals surface area contributed by atoms with Crippen molar-refractivity contribution in [2.45, 2.75) is 37.5 Å². The topological polar surface area (TPSA) is 61.1 Å². The molecule has 0 amide bonds. The minimum absolute atomic E-state index is 0.545. The van der Waals surface area contributed by atoms with Gasteiger partial charge in [-0.1, -0.05) is 30.9 Å². The lowest BCUT2D eigenvalue weighted by Crippen LogP contribution is -2.40. The average molecular weight is 284 g/mol. The number of halogens is 1. The van der Waals surface area contributed by atoms with Crippen LogP contribution in [0.25, 0.3) is 0 Å². The van der Waals surface area contributed by atoms with Gasteiger partial charge in [-0.2, -0.15) is 5.26 Å². The van der Waals surface area contributed by atoms with Crippen molar-refractivity contribution in [3.05, 3.63) is 21.3 Å². The summed E-state index contributed by atoms with van der Waals surface area (Å²) < 4.78 is 0.650. The number of nitriles is 1. The third-order valence-electron chi connectivity index (χ3n) is 3.74. The van der Waals surface area contributed by atoms with Gasteiger partial charge in [0.15, 0.2) is 5.92 Å². The zero-order valence-corrected chi connectivity index (χ0v) is 11.4. The van der Waals surface area contributed by atoms with Crippen molar-refractivity contribution < 1.29 is 9.90 Å². The van der Waals surface area contributed by atoms with Gasteiger partial charge in [-0.05, 0) is 25.0 Å². The lowest BCUT2D eigenvalue weighted by Gasteiger charge is -2.38. The van der Waals surface area contributed by atoms with E-state index in [2.05, 4.69) is 0 Å². The summed E-state index contributed by atoms with van der Waals surface area (Å²) in [5, 5.41) is 18.5. The summed E-state index contributed by atoms with van der Waals surface area (Å²) in [6, 6.07) is 5.65. The lowest BCUT2D eigenvalue weighted by atomic mass is 9.65. The Kier molecular flexibility index (Phi) is 3.94. The molecule has 0 aliphatic heterocycles. The van der Waals surface area contributed by atoms with Gasteiger partial charge in [-0.25, -0.2) is 0 Å². The molecule has 0 bridgehead atoms. The van der Waals surface area contributed by atoms with Crippen molar-refractivity contribution in [1.82, 2.24) is 0 Å². The van der Waals surface area contributed by atoms with E-state index >= 15 is 0 Å². The van der Waals surface area contributed by atoms with E-state index in [1.807, 2.05) is 12.1 Å². The van der Waals surface area contributed by atoms with Gasteiger partial charge in [-0.15, -0.1) is 11.3 Å². The summed E-state index contributed by atoms with van der Waals surface area (Å²) in [5.41, 5.74) is -0.545. The second-order valence-electron chi connectivity index (χ2n) is 4.72. The van der Waals surface area contributed by atoms with E-state index in [-0.39, 0.29) is 0 Å². The van der Waals surface area contributed by atoms with Gasteiger partial charge in [-0.3, -0.25) is 4.79 Å². The number of carboxylic acids is 1.